The van der Waals surface area contributed by atoms with Crippen LogP contribution in [0.25, 0.3) is 0 Å². The van der Waals surface area contributed by atoms with Gasteiger partial charge >= 0.3 is 0 Å². The molecule has 1 N–H and O–H groups in total. The third-order valence-corrected chi connectivity index (χ3v) is 4.96. The Bertz CT molecular complexity index is 640. The Kier molecular flexibility index (Phi) is 4.26. The Hall–Kier alpha value is -1.65. The molecule has 1 aromatic carbocycles. The van der Waals surface area contributed by atoms with Gasteiger partial charge in [0, 0.05) is 12.6 Å². The summed E-state index contributed by atoms with van der Waals surface area (Å²) < 4.78 is 39.3. The van der Waals surface area contributed by atoms with Gasteiger partial charge in [0.05, 0.1) is 11.4 Å². The van der Waals surface area contributed by atoms with Crippen LogP contribution in [0.15, 0.2) is 18.2 Å². The third kappa shape index (κ3) is 2.92. The maximum atomic E-state index is 13.7. The maximum absolute atomic E-state index is 13.7. The zero-order valence-electron chi connectivity index (χ0n) is 11.1. The van der Waals surface area contributed by atoms with E-state index in [0.717, 1.165) is 6.42 Å². The van der Waals surface area contributed by atoms with Crippen molar-refractivity contribution in [3.05, 3.63) is 29.6 Å². The molecule has 0 bridgehead atoms. The fraction of sp³-hybridized carbons (Fsp3) is 0.462. The SMILES string of the molecule is CNS(=O)(=O)CC1CCCN1c1cccc(F)c1C#N. The van der Waals surface area contributed by atoms with Crippen molar-refractivity contribution in [2.45, 2.75) is 18.9 Å². The summed E-state index contributed by atoms with van der Waals surface area (Å²) in [4.78, 5) is 1.82. The van der Waals surface area contributed by atoms with Crippen LogP contribution in [0.1, 0.15) is 18.4 Å². The van der Waals surface area contributed by atoms with E-state index in [9.17, 15) is 12.8 Å². The van der Waals surface area contributed by atoms with E-state index in [1.165, 1.54) is 19.2 Å². The molecule has 0 spiro atoms. The molecular formula is C13H16FN3O2S. The standard InChI is InChI=1S/C13H16FN3O2S/c1-16-20(18,19)9-10-4-3-7-17(10)13-6-2-5-12(14)11(13)8-15/h2,5-6,10,16H,3-4,7,9H2,1H3. The van der Waals surface area contributed by atoms with Crippen LogP contribution in [0, 0.1) is 17.1 Å². The Morgan fingerprint density at radius 1 is 1.55 bits per heavy atom. The summed E-state index contributed by atoms with van der Waals surface area (Å²) in [6.07, 6.45) is 1.54. The van der Waals surface area contributed by atoms with E-state index in [0.29, 0.717) is 18.7 Å². The fourth-order valence-corrected chi connectivity index (χ4v) is 3.55. The van der Waals surface area contributed by atoms with Gasteiger partial charge in [0.1, 0.15) is 17.4 Å². The van der Waals surface area contributed by atoms with Crippen molar-refractivity contribution in [2.75, 3.05) is 24.2 Å². The molecule has 7 heteroatoms. The monoisotopic (exact) mass is 297 g/mol. The van der Waals surface area contributed by atoms with Crippen molar-refractivity contribution < 1.29 is 12.8 Å². The average Bonchev–Trinajstić information content (AvgIpc) is 2.85. The minimum Gasteiger partial charge on any atom is -0.366 e. The van der Waals surface area contributed by atoms with E-state index in [-0.39, 0.29) is 17.4 Å². The van der Waals surface area contributed by atoms with Crippen molar-refractivity contribution in [2.24, 2.45) is 0 Å². The largest absolute Gasteiger partial charge is 0.366 e. The Morgan fingerprint density at radius 2 is 2.30 bits per heavy atom. The number of nitriles is 1. The minimum absolute atomic E-state index is 0.0266. The van der Waals surface area contributed by atoms with Crippen LogP contribution < -0.4 is 9.62 Å². The normalized spacial score (nSPS) is 19.1. The van der Waals surface area contributed by atoms with Crippen molar-refractivity contribution in [3.8, 4) is 6.07 Å². The molecule has 0 radical (unpaired) electrons. The van der Waals surface area contributed by atoms with Gasteiger partial charge in [-0.1, -0.05) is 6.07 Å². The van der Waals surface area contributed by atoms with Gasteiger partial charge < -0.3 is 4.90 Å². The lowest BCUT2D eigenvalue weighted by Crippen LogP contribution is -2.38. The van der Waals surface area contributed by atoms with Crippen LogP contribution in [0.3, 0.4) is 0 Å². The zero-order valence-corrected chi connectivity index (χ0v) is 12.0. The lowest BCUT2D eigenvalue weighted by Gasteiger charge is -2.27. The number of nitrogens with one attached hydrogen (secondary N) is 1. The number of halogens is 1. The maximum Gasteiger partial charge on any atom is 0.213 e. The number of anilines is 1. The van der Waals surface area contributed by atoms with E-state index in [1.54, 1.807) is 6.07 Å². The van der Waals surface area contributed by atoms with E-state index in [4.69, 9.17) is 5.26 Å². The summed E-state index contributed by atoms with van der Waals surface area (Å²) in [5.74, 6) is -0.627. The predicted molar refractivity (Wildman–Crippen MR) is 74.3 cm³/mol. The smallest absolute Gasteiger partial charge is 0.213 e. The van der Waals surface area contributed by atoms with Crippen LogP contribution in [0.5, 0.6) is 0 Å². The lowest BCUT2D eigenvalue weighted by molar-refractivity contribution is 0.577. The first-order chi connectivity index (χ1) is 9.48. The van der Waals surface area contributed by atoms with E-state index < -0.39 is 15.8 Å². The van der Waals surface area contributed by atoms with Gasteiger partial charge in [-0.3, -0.25) is 0 Å². The highest BCUT2D eigenvalue weighted by molar-refractivity contribution is 7.89. The molecule has 1 fully saturated rings. The first-order valence-electron chi connectivity index (χ1n) is 6.35. The molecular weight excluding hydrogens is 281 g/mol. The van der Waals surface area contributed by atoms with Crippen molar-refractivity contribution in [3.63, 3.8) is 0 Å². The van der Waals surface area contributed by atoms with E-state index in [2.05, 4.69) is 4.72 Å². The zero-order chi connectivity index (χ0) is 14.8. The fourth-order valence-electron chi connectivity index (χ4n) is 2.53. The summed E-state index contributed by atoms with van der Waals surface area (Å²) in [5, 5.41) is 9.08. The number of sulfonamides is 1. The van der Waals surface area contributed by atoms with E-state index in [1.807, 2.05) is 11.0 Å². The molecule has 0 saturated carbocycles. The molecule has 0 aliphatic carbocycles. The second-order valence-electron chi connectivity index (χ2n) is 4.72. The van der Waals surface area contributed by atoms with Crippen molar-refractivity contribution in [1.82, 2.24) is 4.72 Å². The van der Waals surface area contributed by atoms with Gasteiger partial charge in [0.2, 0.25) is 10.0 Å². The lowest BCUT2D eigenvalue weighted by atomic mass is 10.1. The van der Waals surface area contributed by atoms with Gasteiger partial charge in [-0.15, -0.1) is 0 Å². The molecule has 1 heterocycles. The highest BCUT2D eigenvalue weighted by atomic mass is 32.2. The van der Waals surface area contributed by atoms with Crippen LogP contribution in [-0.2, 0) is 10.0 Å². The number of hydrogen-bond donors (Lipinski definition) is 1. The summed E-state index contributed by atoms with van der Waals surface area (Å²) in [6.45, 7) is 0.627. The minimum atomic E-state index is -3.34. The molecule has 1 aliphatic heterocycles. The average molecular weight is 297 g/mol. The quantitative estimate of drug-likeness (QED) is 0.907. The number of benzene rings is 1. The molecule has 1 aromatic rings. The van der Waals surface area contributed by atoms with Crippen LogP contribution in [0.4, 0.5) is 10.1 Å². The second kappa shape index (κ2) is 5.77. The van der Waals surface area contributed by atoms with Gasteiger partial charge in [0.15, 0.2) is 0 Å². The summed E-state index contributed by atoms with van der Waals surface area (Å²) in [7, 11) is -1.97. The summed E-state index contributed by atoms with van der Waals surface area (Å²) in [5.41, 5.74) is 0.447. The van der Waals surface area contributed by atoms with Gasteiger partial charge in [-0.25, -0.2) is 17.5 Å². The van der Waals surface area contributed by atoms with Crippen molar-refractivity contribution >= 4 is 15.7 Å². The number of nitrogens with zero attached hydrogens (tertiary/aromatic N) is 2. The Morgan fingerprint density at radius 3 is 2.95 bits per heavy atom. The van der Waals surface area contributed by atoms with Gasteiger partial charge in [-0.2, -0.15) is 5.26 Å². The first-order valence-corrected chi connectivity index (χ1v) is 8.00. The predicted octanol–water partition coefficient (Wildman–Crippen LogP) is 1.22. The van der Waals surface area contributed by atoms with E-state index >= 15 is 0 Å². The van der Waals surface area contributed by atoms with Gasteiger partial charge in [0.25, 0.3) is 0 Å². The highest BCUT2D eigenvalue weighted by Gasteiger charge is 2.30. The van der Waals surface area contributed by atoms with Crippen LogP contribution >= 0.6 is 0 Å². The second-order valence-corrected chi connectivity index (χ2v) is 6.69. The number of rotatable bonds is 4. The van der Waals surface area contributed by atoms with Crippen LogP contribution in [-0.4, -0.2) is 33.8 Å². The first kappa shape index (κ1) is 14.8. The molecule has 0 aromatic heterocycles. The molecule has 20 heavy (non-hydrogen) atoms. The molecule has 5 nitrogen and oxygen atoms in total. The molecule has 2 rings (SSSR count). The molecule has 1 aliphatic rings. The number of hydrogen-bond acceptors (Lipinski definition) is 4. The van der Waals surface area contributed by atoms with Crippen LogP contribution in [0.2, 0.25) is 0 Å². The molecule has 1 atom stereocenters. The summed E-state index contributed by atoms with van der Waals surface area (Å²) in [6, 6.07) is 6.05. The third-order valence-electron chi connectivity index (χ3n) is 3.51. The summed E-state index contributed by atoms with van der Waals surface area (Å²) >= 11 is 0. The molecule has 0 amide bonds. The Balaban J connectivity index is 2.33. The molecule has 1 saturated heterocycles. The highest BCUT2D eigenvalue weighted by Crippen LogP contribution is 2.30. The molecule has 108 valence electrons. The van der Waals surface area contributed by atoms with Crippen molar-refractivity contribution in [1.29, 1.82) is 5.26 Å². The van der Waals surface area contributed by atoms with Gasteiger partial charge in [-0.05, 0) is 32.0 Å². The Labute approximate surface area is 118 Å². The topological polar surface area (TPSA) is 73.2 Å². The molecule has 1 unspecified atom stereocenters.